The van der Waals surface area contributed by atoms with Gasteiger partial charge in [0.15, 0.2) is 0 Å². The molecule has 0 bridgehead atoms. The van der Waals surface area contributed by atoms with E-state index in [-0.39, 0.29) is 6.04 Å². The fraction of sp³-hybridized carbons (Fsp3) is 0.400. The van der Waals surface area contributed by atoms with Gasteiger partial charge in [-0.25, -0.2) is 0 Å². The molecule has 102 valence electrons. The van der Waals surface area contributed by atoms with Gasteiger partial charge in [0.2, 0.25) is 0 Å². The number of aromatic nitrogens is 2. The number of aryl methyl sites for hydroxylation is 2. The first-order valence-electron chi connectivity index (χ1n) is 6.74. The molecule has 4 heteroatoms. The minimum Gasteiger partial charge on any atom is -0.329 e. The summed E-state index contributed by atoms with van der Waals surface area (Å²) in [6.07, 6.45) is 2.99. The first-order chi connectivity index (χ1) is 9.24. The quantitative estimate of drug-likeness (QED) is 0.830. The van der Waals surface area contributed by atoms with E-state index in [0.29, 0.717) is 6.54 Å². The Morgan fingerprint density at radius 3 is 2.68 bits per heavy atom. The highest BCUT2D eigenvalue weighted by molar-refractivity contribution is 5.22. The minimum atomic E-state index is 0.156. The molecule has 0 aliphatic carbocycles. The summed E-state index contributed by atoms with van der Waals surface area (Å²) in [6.45, 7) is 3.52. The summed E-state index contributed by atoms with van der Waals surface area (Å²) < 4.78 is 1.86. The van der Waals surface area contributed by atoms with Crippen molar-refractivity contribution in [2.24, 2.45) is 12.8 Å². The van der Waals surface area contributed by atoms with Crippen molar-refractivity contribution in [3.63, 3.8) is 0 Å². The lowest BCUT2D eigenvalue weighted by Gasteiger charge is -2.16. The molecule has 1 unspecified atom stereocenters. The zero-order chi connectivity index (χ0) is 13.7. The van der Waals surface area contributed by atoms with Crippen molar-refractivity contribution in [2.75, 3.05) is 6.54 Å². The van der Waals surface area contributed by atoms with Crippen LogP contribution in [0.25, 0.3) is 0 Å². The molecular formula is C15H22N4. The average molecular weight is 258 g/mol. The molecule has 19 heavy (non-hydrogen) atoms. The van der Waals surface area contributed by atoms with Crippen molar-refractivity contribution in [1.29, 1.82) is 0 Å². The standard InChI is InChI=1S/C15H22N4/c1-3-14-13(11-19(2)18-14)15(9-16)17-10-12-7-5-4-6-8-12/h4-8,11,15,17H,3,9-10,16H2,1-2H3. The molecule has 1 aromatic carbocycles. The highest BCUT2D eigenvalue weighted by atomic mass is 15.3. The van der Waals surface area contributed by atoms with E-state index >= 15 is 0 Å². The predicted octanol–water partition coefficient (Wildman–Crippen LogP) is 1.77. The van der Waals surface area contributed by atoms with Crippen LogP contribution >= 0.6 is 0 Å². The van der Waals surface area contributed by atoms with Gasteiger partial charge in [0.1, 0.15) is 0 Å². The van der Waals surface area contributed by atoms with Crippen LogP contribution in [0.3, 0.4) is 0 Å². The van der Waals surface area contributed by atoms with Crippen LogP contribution in [0.2, 0.25) is 0 Å². The van der Waals surface area contributed by atoms with Gasteiger partial charge in [-0.05, 0) is 12.0 Å². The van der Waals surface area contributed by atoms with Gasteiger partial charge in [-0.2, -0.15) is 5.10 Å². The van der Waals surface area contributed by atoms with Gasteiger partial charge in [0.25, 0.3) is 0 Å². The van der Waals surface area contributed by atoms with Gasteiger partial charge in [-0.3, -0.25) is 4.68 Å². The second kappa shape index (κ2) is 6.50. The first kappa shape index (κ1) is 13.8. The lowest BCUT2D eigenvalue weighted by Crippen LogP contribution is -2.28. The van der Waals surface area contributed by atoms with Gasteiger partial charge in [0.05, 0.1) is 5.69 Å². The average Bonchev–Trinajstić information content (AvgIpc) is 2.82. The van der Waals surface area contributed by atoms with E-state index in [4.69, 9.17) is 5.73 Å². The molecule has 2 aromatic rings. The van der Waals surface area contributed by atoms with E-state index < -0.39 is 0 Å². The first-order valence-corrected chi connectivity index (χ1v) is 6.74. The zero-order valence-electron chi connectivity index (χ0n) is 11.6. The van der Waals surface area contributed by atoms with Crippen LogP contribution < -0.4 is 11.1 Å². The molecule has 2 rings (SSSR count). The van der Waals surface area contributed by atoms with Crippen LogP contribution in [0.4, 0.5) is 0 Å². The summed E-state index contributed by atoms with van der Waals surface area (Å²) in [4.78, 5) is 0. The van der Waals surface area contributed by atoms with Crippen LogP contribution in [0.1, 0.15) is 29.8 Å². The molecule has 0 fully saturated rings. The van der Waals surface area contributed by atoms with E-state index in [0.717, 1.165) is 18.7 Å². The molecule has 0 radical (unpaired) electrons. The summed E-state index contributed by atoms with van der Waals surface area (Å²) >= 11 is 0. The largest absolute Gasteiger partial charge is 0.329 e. The summed E-state index contributed by atoms with van der Waals surface area (Å²) in [5.74, 6) is 0. The molecule has 0 saturated carbocycles. The summed E-state index contributed by atoms with van der Waals surface area (Å²) in [6, 6.07) is 10.5. The molecule has 3 N–H and O–H groups in total. The number of nitrogens with two attached hydrogens (primary N) is 1. The molecule has 0 amide bonds. The zero-order valence-corrected chi connectivity index (χ0v) is 11.6. The lowest BCUT2D eigenvalue weighted by atomic mass is 10.1. The Morgan fingerprint density at radius 2 is 2.05 bits per heavy atom. The van der Waals surface area contributed by atoms with Crippen LogP contribution in [0, 0.1) is 0 Å². The SMILES string of the molecule is CCc1nn(C)cc1C(CN)NCc1ccccc1. The van der Waals surface area contributed by atoms with Crippen LogP contribution in [0.15, 0.2) is 36.5 Å². The van der Waals surface area contributed by atoms with E-state index in [9.17, 15) is 0 Å². The Hall–Kier alpha value is -1.65. The summed E-state index contributed by atoms with van der Waals surface area (Å²) in [7, 11) is 1.95. The van der Waals surface area contributed by atoms with Gasteiger partial charge < -0.3 is 11.1 Å². The number of benzene rings is 1. The van der Waals surface area contributed by atoms with E-state index in [1.54, 1.807) is 0 Å². The number of rotatable bonds is 6. The monoisotopic (exact) mass is 258 g/mol. The van der Waals surface area contributed by atoms with Crippen molar-refractivity contribution < 1.29 is 0 Å². The number of hydrogen-bond donors (Lipinski definition) is 2. The van der Waals surface area contributed by atoms with Crippen molar-refractivity contribution in [3.8, 4) is 0 Å². The highest BCUT2D eigenvalue weighted by Gasteiger charge is 2.15. The minimum absolute atomic E-state index is 0.156. The van der Waals surface area contributed by atoms with Gasteiger partial charge >= 0.3 is 0 Å². The second-order valence-corrected chi connectivity index (χ2v) is 4.71. The number of hydrogen-bond acceptors (Lipinski definition) is 3. The molecule has 1 heterocycles. The highest BCUT2D eigenvalue weighted by Crippen LogP contribution is 2.17. The maximum atomic E-state index is 5.90. The number of nitrogens with zero attached hydrogens (tertiary/aromatic N) is 2. The molecule has 0 saturated heterocycles. The Bertz CT molecular complexity index is 504. The molecular weight excluding hydrogens is 236 g/mol. The third kappa shape index (κ3) is 3.43. The molecule has 4 nitrogen and oxygen atoms in total. The van der Waals surface area contributed by atoms with Crippen molar-refractivity contribution in [1.82, 2.24) is 15.1 Å². The van der Waals surface area contributed by atoms with Gasteiger partial charge in [-0.15, -0.1) is 0 Å². The lowest BCUT2D eigenvalue weighted by molar-refractivity contribution is 0.538. The van der Waals surface area contributed by atoms with Gasteiger partial charge in [0, 0.05) is 37.9 Å². The van der Waals surface area contributed by atoms with Crippen molar-refractivity contribution in [3.05, 3.63) is 53.3 Å². The Labute approximate surface area is 114 Å². The fourth-order valence-electron chi connectivity index (χ4n) is 2.28. The third-order valence-electron chi connectivity index (χ3n) is 3.28. The van der Waals surface area contributed by atoms with E-state index in [1.165, 1.54) is 11.1 Å². The maximum absolute atomic E-state index is 5.90. The molecule has 0 aliphatic rings. The molecule has 1 aromatic heterocycles. The Morgan fingerprint density at radius 1 is 1.32 bits per heavy atom. The maximum Gasteiger partial charge on any atom is 0.0670 e. The summed E-state index contributed by atoms with van der Waals surface area (Å²) in [5, 5.41) is 7.99. The second-order valence-electron chi connectivity index (χ2n) is 4.71. The fourth-order valence-corrected chi connectivity index (χ4v) is 2.28. The van der Waals surface area contributed by atoms with Crippen LogP contribution in [0.5, 0.6) is 0 Å². The molecule has 0 spiro atoms. The molecule has 1 atom stereocenters. The van der Waals surface area contributed by atoms with Crippen LogP contribution in [-0.4, -0.2) is 16.3 Å². The number of nitrogens with one attached hydrogen (secondary N) is 1. The Balaban J connectivity index is 2.07. The van der Waals surface area contributed by atoms with Crippen molar-refractivity contribution in [2.45, 2.75) is 25.9 Å². The van der Waals surface area contributed by atoms with Crippen molar-refractivity contribution >= 4 is 0 Å². The molecule has 0 aliphatic heterocycles. The normalized spacial score (nSPS) is 12.6. The van der Waals surface area contributed by atoms with Gasteiger partial charge in [-0.1, -0.05) is 37.3 Å². The topological polar surface area (TPSA) is 55.9 Å². The van der Waals surface area contributed by atoms with E-state index in [1.807, 2.05) is 17.8 Å². The predicted molar refractivity (Wildman–Crippen MR) is 77.7 cm³/mol. The van der Waals surface area contributed by atoms with E-state index in [2.05, 4.69) is 47.8 Å². The Kier molecular flexibility index (Phi) is 4.71. The third-order valence-corrected chi connectivity index (χ3v) is 3.28. The van der Waals surface area contributed by atoms with Crippen LogP contribution in [-0.2, 0) is 20.0 Å². The smallest absolute Gasteiger partial charge is 0.0670 e. The summed E-state index contributed by atoms with van der Waals surface area (Å²) in [5.41, 5.74) is 9.50.